The zero-order valence-corrected chi connectivity index (χ0v) is 15.2. The number of hydrogen-bond donors (Lipinski definition) is 5. The Hall–Kier alpha value is -3.56. The van der Waals surface area contributed by atoms with Crippen LogP contribution in [-0.4, -0.2) is 29.5 Å². The van der Waals surface area contributed by atoms with E-state index in [1.54, 1.807) is 36.9 Å². The highest BCUT2D eigenvalue weighted by atomic mass is 16.5. The van der Waals surface area contributed by atoms with E-state index in [0.29, 0.717) is 22.4 Å². The number of anilines is 1. The largest absolute Gasteiger partial charge is 0.345 e. The second-order valence-corrected chi connectivity index (χ2v) is 6.57. The number of aromatic amines is 2. The third-order valence-corrected chi connectivity index (χ3v) is 4.77. The number of nitrogens with zero attached hydrogens (tertiary/aromatic N) is 2. The number of para-hydroxylation sites is 1. The molecular formula is C19H19N5O4. The molecule has 5 N–H and O–H groups in total. The average molecular weight is 381 g/mol. The maximum atomic E-state index is 12.9. The van der Waals surface area contributed by atoms with Crippen molar-refractivity contribution in [3.05, 3.63) is 80.6 Å². The Labute approximate surface area is 158 Å². The van der Waals surface area contributed by atoms with Gasteiger partial charge in [0.05, 0.1) is 22.4 Å². The summed E-state index contributed by atoms with van der Waals surface area (Å²) < 4.78 is 3.06. The predicted octanol–water partition coefficient (Wildman–Crippen LogP) is 0.861. The first kappa shape index (κ1) is 17.8. The SMILES string of the molecule is Cc1c(NC(O)(O)c2ccc3[nH]c(=O)[nH]c3c2)c(=O)n(-c2ccccc2)n1C. The highest BCUT2D eigenvalue weighted by molar-refractivity contribution is 5.75. The second kappa shape index (κ2) is 6.25. The van der Waals surface area contributed by atoms with E-state index >= 15 is 0 Å². The van der Waals surface area contributed by atoms with E-state index in [-0.39, 0.29) is 11.3 Å². The van der Waals surface area contributed by atoms with E-state index in [2.05, 4.69) is 15.3 Å². The summed E-state index contributed by atoms with van der Waals surface area (Å²) in [6.45, 7) is 1.70. The Kier molecular flexibility index (Phi) is 3.98. The van der Waals surface area contributed by atoms with Crippen molar-refractivity contribution < 1.29 is 10.2 Å². The van der Waals surface area contributed by atoms with Crippen LogP contribution in [0.1, 0.15) is 11.3 Å². The number of H-pyrrole nitrogens is 2. The first-order chi connectivity index (χ1) is 13.3. The van der Waals surface area contributed by atoms with Crippen LogP contribution in [0.15, 0.2) is 58.1 Å². The van der Waals surface area contributed by atoms with Gasteiger partial charge in [-0.1, -0.05) is 18.2 Å². The molecule has 0 saturated carbocycles. The summed E-state index contributed by atoms with van der Waals surface area (Å²) in [6.07, 6.45) is 0. The molecule has 9 nitrogen and oxygen atoms in total. The molecule has 0 bridgehead atoms. The minimum absolute atomic E-state index is 0.0546. The summed E-state index contributed by atoms with van der Waals surface area (Å²) in [6, 6.07) is 13.5. The van der Waals surface area contributed by atoms with Crippen LogP contribution in [0.25, 0.3) is 16.7 Å². The molecule has 0 fully saturated rings. The quantitative estimate of drug-likeness (QED) is 0.335. The maximum absolute atomic E-state index is 12.9. The number of aliphatic hydroxyl groups is 2. The molecule has 144 valence electrons. The number of fused-ring (bicyclic) bond motifs is 1. The van der Waals surface area contributed by atoms with Crippen LogP contribution in [0.4, 0.5) is 5.69 Å². The van der Waals surface area contributed by atoms with E-state index < -0.39 is 17.2 Å². The Morgan fingerprint density at radius 2 is 1.68 bits per heavy atom. The monoisotopic (exact) mass is 381 g/mol. The molecule has 2 aromatic carbocycles. The fraction of sp³-hybridized carbons (Fsp3) is 0.158. The lowest BCUT2D eigenvalue weighted by atomic mass is 10.1. The number of aromatic nitrogens is 4. The highest BCUT2D eigenvalue weighted by Crippen LogP contribution is 2.24. The molecule has 2 aromatic heterocycles. The molecule has 0 radical (unpaired) electrons. The van der Waals surface area contributed by atoms with Gasteiger partial charge in [0.2, 0.25) is 0 Å². The number of rotatable bonds is 4. The van der Waals surface area contributed by atoms with Gasteiger partial charge >= 0.3 is 5.69 Å². The van der Waals surface area contributed by atoms with Crippen molar-refractivity contribution in [2.24, 2.45) is 7.05 Å². The lowest BCUT2D eigenvalue weighted by Gasteiger charge is -2.23. The second-order valence-electron chi connectivity index (χ2n) is 6.57. The number of benzene rings is 2. The molecule has 0 atom stereocenters. The van der Waals surface area contributed by atoms with Crippen molar-refractivity contribution in [3.8, 4) is 5.69 Å². The Bertz CT molecular complexity index is 1280. The minimum Gasteiger partial charge on any atom is -0.345 e. The summed E-state index contributed by atoms with van der Waals surface area (Å²) in [5.41, 5.74) is 1.44. The number of nitrogens with one attached hydrogen (secondary N) is 3. The third kappa shape index (κ3) is 2.82. The molecule has 0 spiro atoms. The summed E-state index contributed by atoms with van der Waals surface area (Å²) in [5.74, 6) is -2.53. The van der Waals surface area contributed by atoms with Crippen LogP contribution < -0.4 is 16.6 Å². The zero-order valence-electron chi connectivity index (χ0n) is 15.2. The summed E-state index contributed by atoms with van der Waals surface area (Å²) in [5, 5.41) is 23.7. The average Bonchev–Trinajstić information content (AvgIpc) is 3.13. The van der Waals surface area contributed by atoms with E-state index in [9.17, 15) is 19.8 Å². The van der Waals surface area contributed by atoms with Crippen molar-refractivity contribution in [1.82, 2.24) is 19.3 Å². The Balaban J connectivity index is 1.77. The summed E-state index contributed by atoms with van der Waals surface area (Å²) >= 11 is 0. The van der Waals surface area contributed by atoms with Crippen LogP contribution in [0, 0.1) is 6.92 Å². The van der Waals surface area contributed by atoms with E-state index in [1.165, 1.54) is 16.8 Å². The third-order valence-electron chi connectivity index (χ3n) is 4.77. The van der Waals surface area contributed by atoms with E-state index in [0.717, 1.165) is 0 Å². The van der Waals surface area contributed by atoms with Gasteiger partial charge in [0, 0.05) is 12.6 Å². The van der Waals surface area contributed by atoms with Gasteiger partial charge in [-0.3, -0.25) is 9.48 Å². The van der Waals surface area contributed by atoms with Crippen molar-refractivity contribution >= 4 is 16.7 Å². The van der Waals surface area contributed by atoms with Gasteiger partial charge in [-0.2, -0.15) is 0 Å². The summed E-state index contributed by atoms with van der Waals surface area (Å²) in [7, 11) is 1.71. The fourth-order valence-corrected chi connectivity index (χ4v) is 3.21. The molecule has 0 saturated heterocycles. The lowest BCUT2D eigenvalue weighted by molar-refractivity contribution is -0.143. The molecule has 4 aromatic rings. The predicted molar refractivity (Wildman–Crippen MR) is 104 cm³/mol. The zero-order chi connectivity index (χ0) is 20.1. The van der Waals surface area contributed by atoms with Crippen molar-refractivity contribution in [3.63, 3.8) is 0 Å². The molecule has 0 aliphatic rings. The summed E-state index contributed by atoms with van der Waals surface area (Å²) in [4.78, 5) is 29.5. The van der Waals surface area contributed by atoms with Crippen LogP contribution >= 0.6 is 0 Å². The smallest absolute Gasteiger partial charge is 0.323 e. The highest BCUT2D eigenvalue weighted by Gasteiger charge is 2.30. The first-order valence-electron chi connectivity index (χ1n) is 8.57. The Morgan fingerprint density at radius 3 is 2.39 bits per heavy atom. The van der Waals surface area contributed by atoms with Crippen molar-refractivity contribution in [2.45, 2.75) is 12.8 Å². The molecule has 0 aliphatic carbocycles. The van der Waals surface area contributed by atoms with Crippen LogP contribution in [0.5, 0.6) is 0 Å². The van der Waals surface area contributed by atoms with Crippen LogP contribution in [-0.2, 0) is 13.0 Å². The van der Waals surface area contributed by atoms with Gasteiger partial charge < -0.3 is 25.5 Å². The van der Waals surface area contributed by atoms with Crippen molar-refractivity contribution in [1.29, 1.82) is 0 Å². The van der Waals surface area contributed by atoms with Crippen molar-refractivity contribution in [2.75, 3.05) is 5.32 Å². The lowest BCUT2D eigenvalue weighted by Crippen LogP contribution is -2.37. The standard InChI is InChI=1S/C19H19N5O4/c1-11-16(17(25)24(23(11)2)13-6-4-3-5-7-13)22-19(27,28)12-8-9-14-15(10-12)21-18(26)20-14/h3-10,22,27-28H,1-2H3,(H2,20,21,26). The number of hydrogen-bond acceptors (Lipinski definition) is 5. The van der Waals surface area contributed by atoms with Gasteiger partial charge in [0.1, 0.15) is 5.69 Å². The molecule has 28 heavy (non-hydrogen) atoms. The Morgan fingerprint density at radius 1 is 1.00 bits per heavy atom. The first-order valence-corrected chi connectivity index (χ1v) is 8.57. The molecule has 9 heteroatoms. The van der Waals surface area contributed by atoms with Gasteiger partial charge in [-0.05, 0) is 37.3 Å². The molecular weight excluding hydrogens is 362 g/mol. The number of imidazole rings is 1. The van der Waals surface area contributed by atoms with E-state index in [4.69, 9.17) is 0 Å². The van der Waals surface area contributed by atoms with Gasteiger partial charge in [-0.25, -0.2) is 9.48 Å². The van der Waals surface area contributed by atoms with E-state index in [1.807, 2.05) is 18.2 Å². The molecule has 2 heterocycles. The molecule has 0 unspecified atom stereocenters. The minimum atomic E-state index is -2.53. The molecule has 4 rings (SSSR count). The van der Waals surface area contributed by atoms with Gasteiger partial charge in [0.15, 0.2) is 0 Å². The van der Waals surface area contributed by atoms with Crippen LogP contribution in [0.2, 0.25) is 0 Å². The topological polar surface area (TPSA) is 128 Å². The van der Waals surface area contributed by atoms with Crippen LogP contribution in [0.3, 0.4) is 0 Å². The molecule has 0 aliphatic heterocycles. The molecule has 0 amide bonds. The maximum Gasteiger partial charge on any atom is 0.323 e. The van der Waals surface area contributed by atoms with Gasteiger partial charge in [0.25, 0.3) is 11.5 Å². The normalized spacial score (nSPS) is 11.9. The van der Waals surface area contributed by atoms with Gasteiger partial charge in [-0.15, -0.1) is 0 Å². The fourth-order valence-electron chi connectivity index (χ4n) is 3.21.